The van der Waals surface area contributed by atoms with Gasteiger partial charge in [-0.1, -0.05) is 35.9 Å². The lowest BCUT2D eigenvalue weighted by Crippen LogP contribution is -2.30. The highest BCUT2D eigenvalue weighted by atomic mass is 32.1. The lowest BCUT2D eigenvalue weighted by atomic mass is 10.1. The zero-order valence-electron chi connectivity index (χ0n) is 15.8. The van der Waals surface area contributed by atoms with Crippen LogP contribution in [-0.4, -0.2) is 21.4 Å². The van der Waals surface area contributed by atoms with E-state index in [1.165, 1.54) is 32.1 Å². The highest BCUT2D eigenvalue weighted by Crippen LogP contribution is 2.30. The Hall–Kier alpha value is -2.34. The fourth-order valence-electron chi connectivity index (χ4n) is 3.67. The van der Waals surface area contributed by atoms with E-state index in [0.29, 0.717) is 0 Å². The molecule has 3 nitrogen and oxygen atoms in total. The summed E-state index contributed by atoms with van der Waals surface area (Å²) in [6.45, 7) is 5.11. The number of benzene rings is 1. The van der Waals surface area contributed by atoms with E-state index >= 15 is 0 Å². The molecular weight excluding hydrogens is 382 g/mol. The summed E-state index contributed by atoms with van der Waals surface area (Å²) >= 11 is 3.60. The first-order valence-corrected chi connectivity index (χ1v) is 11.2. The molecule has 4 heterocycles. The van der Waals surface area contributed by atoms with Crippen LogP contribution in [0.5, 0.6) is 0 Å². The summed E-state index contributed by atoms with van der Waals surface area (Å²) in [5.41, 5.74) is 5.10. The second-order valence-electron chi connectivity index (χ2n) is 7.24. The quantitative estimate of drug-likeness (QED) is 0.431. The summed E-state index contributed by atoms with van der Waals surface area (Å²) in [5, 5.41) is 2.08. The number of nitrogens with zero attached hydrogens (tertiary/aromatic N) is 3. The molecule has 0 unspecified atom stereocenters. The summed E-state index contributed by atoms with van der Waals surface area (Å²) in [6, 6.07) is 17.4. The van der Waals surface area contributed by atoms with Gasteiger partial charge in [-0.15, -0.1) is 22.7 Å². The molecule has 0 fully saturated rings. The molecular formula is C23H21N3S2. The second-order valence-corrected chi connectivity index (χ2v) is 9.35. The smallest absolute Gasteiger partial charge is 0.169 e. The summed E-state index contributed by atoms with van der Waals surface area (Å²) in [6.07, 6.45) is 3.02. The number of thiophene rings is 2. The van der Waals surface area contributed by atoms with Gasteiger partial charge in [0.1, 0.15) is 0 Å². The predicted molar refractivity (Wildman–Crippen MR) is 118 cm³/mol. The van der Waals surface area contributed by atoms with Gasteiger partial charge in [-0.25, -0.2) is 9.97 Å². The molecule has 140 valence electrons. The van der Waals surface area contributed by atoms with Gasteiger partial charge in [0, 0.05) is 47.6 Å². The third-order valence-corrected chi connectivity index (χ3v) is 7.08. The van der Waals surface area contributed by atoms with Crippen LogP contribution in [0.25, 0.3) is 21.1 Å². The third-order valence-electron chi connectivity index (χ3n) is 5.10. The first kappa shape index (κ1) is 17.7. The molecule has 0 N–H and O–H groups in total. The van der Waals surface area contributed by atoms with Crippen molar-refractivity contribution in [1.82, 2.24) is 14.9 Å². The zero-order chi connectivity index (χ0) is 18.9. The van der Waals surface area contributed by atoms with Gasteiger partial charge in [0.2, 0.25) is 0 Å². The minimum absolute atomic E-state index is 0.864. The SMILES string of the molecule is Cc1cccc(-c2ccc(CN3CCc4nc(-c5cccs5)ncc4C3)s2)c1. The van der Waals surface area contributed by atoms with E-state index in [1.54, 1.807) is 11.3 Å². The van der Waals surface area contributed by atoms with Crippen molar-refractivity contribution in [3.63, 3.8) is 0 Å². The van der Waals surface area contributed by atoms with E-state index in [-0.39, 0.29) is 0 Å². The number of fused-ring (bicyclic) bond motifs is 1. The Labute approximate surface area is 173 Å². The Bertz CT molecular complexity index is 1100. The van der Waals surface area contributed by atoms with E-state index in [4.69, 9.17) is 4.98 Å². The van der Waals surface area contributed by atoms with Crippen molar-refractivity contribution in [2.45, 2.75) is 26.4 Å². The van der Waals surface area contributed by atoms with Crippen LogP contribution < -0.4 is 0 Å². The fraction of sp³-hybridized carbons (Fsp3) is 0.217. The highest BCUT2D eigenvalue weighted by molar-refractivity contribution is 7.15. The number of hydrogen-bond acceptors (Lipinski definition) is 5. The van der Waals surface area contributed by atoms with Crippen LogP contribution in [0.2, 0.25) is 0 Å². The largest absolute Gasteiger partial charge is 0.293 e. The first-order chi connectivity index (χ1) is 13.7. The molecule has 0 bridgehead atoms. The van der Waals surface area contributed by atoms with E-state index in [2.05, 4.69) is 70.7 Å². The van der Waals surface area contributed by atoms with Gasteiger partial charge < -0.3 is 0 Å². The molecule has 5 heteroatoms. The number of aryl methyl sites for hydroxylation is 1. The molecule has 3 aromatic heterocycles. The third kappa shape index (κ3) is 3.65. The summed E-state index contributed by atoms with van der Waals surface area (Å²) in [7, 11) is 0. The molecule has 5 rings (SSSR count). The molecule has 1 aliphatic heterocycles. The zero-order valence-corrected chi connectivity index (χ0v) is 17.4. The minimum atomic E-state index is 0.864. The van der Waals surface area contributed by atoms with E-state index in [1.807, 2.05) is 17.5 Å². The van der Waals surface area contributed by atoms with Crippen LogP contribution in [0.1, 0.15) is 21.7 Å². The van der Waals surface area contributed by atoms with Crippen LogP contribution in [0.3, 0.4) is 0 Å². The van der Waals surface area contributed by atoms with Crippen molar-refractivity contribution < 1.29 is 0 Å². The number of rotatable bonds is 4. The molecule has 1 aliphatic rings. The van der Waals surface area contributed by atoms with Crippen molar-refractivity contribution in [2.24, 2.45) is 0 Å². The Morgan fingerprint density at radius 1 is 1.07 bits per heavy atom. The maximum atomic E-state index is 4.82. The standard InChI is InChI=1S/C23H21N3S2/c1-16-4-2-5-17(12-16)21-8-7-19(28-21)15-26-10-9-20-18(14-26)13-24-23(25-20)22-6-3-11-27-22/h2-8,11-13H,9-10,14-15H2,1H3. The van der Waals surface area contributed by atoms with Gasteiger partial charge in [0.25, 0.3) is 0 Å². The monoisotopic (exact) mass is 403 g/mol. The molecule has 0 aliphatic carbocycles. The van der Waals surface area contributed by atoms with Crippen LogP contribution >= 0.6 is 22.7 Å². The molecule has 0 radical (unpaired) electrons. The van der Waals surface area contributed by atoms with Gasteiger partial charge in [0.05, 0.1) is 10.6 Å². The maximum Gasteiger partial charge on any atom is 0.169 e. The molecule has 0 amide bonds. The Balaban J connectivity index is 1.29. The van der Waals surface area contributed by atoms with Gasteiger partial charge in [-0.05, 0) is 36.1 Å². The normalized spacial score (nSPS) is 14.2. The van der Waals surface area contributed by atoms with Crippen LogP contribution in [0.4, 0.5) is 0 Å². The van der Waals surface area contributed by atoms with E-state index < -0.39 is 0 Å². The van der Waals surface area contributed by atoms with Crippen LogP contribution in [0, 0.1) is 6.92 Å². The van der Waals surface area contributed by atoms with Gasteiger partial charge in [-0.3, -0.25) is 4.90 Å². The Kier molecular flexibility index (Phi) is 4.81. The molecule has 0 atom stereocenters. The molecule has 0 saturated carbocycles. The second kappa shape index (κ2) is 7.59. The first-order valence-electron chi connectivity index (χ1n) is 9.51. The highest BCUT2D eigenvalue weighted by Gasteiger charge is 2.19. The molecule has 0 spiro atoms. The number of aromatic nitrogens is 2. The lowest BCUT2D eigenvalue weighted by Gasteiger charge is -2.27. The maximum absolute atomic E-state index is 4.82. The summed E-state index contributed by atoms with van der Waals surface area (Å²) in [5.74, 6) is 0.864. The van der Waals surface area contributed by atoms with E-state index in [9.17, 15) is 0 Å². The molecule has 28 heavy (non-hydrogen) atoms. The van der Waals surface area contributed by atoms with Crippen molar-refractivity contribution in [3.8, 4) is 21.1 Å². The molecule has 1 aromatic carbocycles. The lowest BCUT2D eigenvalue weighted by molar-refractivity contribution is 0.245. The van der Waals surface area contributed by atoms with Crippen molar-refractivity contribution in [3.05, 3.63) is 81.8 Å². The average Bonchev–Trinajstić information content (AvgIpc) is 3.40. The topological polar surface area (TPSA) is 29.0 Å². The van der Waals surface area contributed by atoms with Crippen LogP contribution in [-0.2, 0) is 19.5 Å². The van der Waals surface area contributed by atoms with Crippen molar-refractivity contribution in [2.75, 3.05) is 6.54 Å². The van der Waals surface area contributed by atoms with E-state index in [0.717, 1.165) is 36.8 Å². The summed E-state index contributed by atoms with van der Waals surface area (Å²) in [4.78, 5) is 15.8. The Morgan fingerprint density at radius 2 is 2.04 bits per heavy atom. The van der Waals surface area contributed by atoms with Gasteiger partial charge >= 0.3 is 0 Å². The number of hydrogen-bond donors (Lipinski definition) is 0. The fourth-order valence-corrected chi connectivity index (χ4v) is 5.38. The molecule has 0 saturated heterocycles. The van der Waals surface area contributed by atoms with Crippen molar-refractivity contribution in [1.29, 1.82) is 0 Å². The van der Waals surface area contributed by atoms with Gasteiger partial charge in [0.15, 0.2) is 5.82 Å². The Morgan fingerprint density at radius 3 is 2.89 bits per heavy atom. The van der Waals surface area contributed by atoms with Gasteiger partial charge in [-0.2, -0.15) is 0 Å². The van der Waals surface area contributed by atoms with Crippen LogP contribution in [0.15, 0.2) is 60.1 Å². The molecule has 4 aromatic rings. The predicted octanol–water partition coefficient (Wildman–Crippen LogP) is 5.80. The summed E-state index contributed by atoms with van der Waals surface area (Å²) < 4.78 is 0. The van der Waals surface area contributed by atoms with Crippen molar-refractivity contribution >= 4 is 22.7 Å². The minimum Gasteiger partial charge on any atom is -0.293 e. The average molecular weight is 404 g/mol.